The van der Waals surface area contributed by atoms with Crippen molar-refractivity contribution in [3.05, 3.63) is 114 Å². The Labute approximate surface area is 363 Å². The molecule has 5 rings (SSSR count). The normalized spacial score (nSPS) is 12.3. The number of carbonyl (C=O) groups excluding carboxylic acids is 4. The highest BCUT2D eigenvalue weighted by Crippen LogP contribution is 2.30. The van der Waals surface area contributed by atoms with Gasteiger partial charge in [-0.05, 0) is 71.0 Å². The number of carboxylic acid groups (broad SMARTS) is 2. The highest BCUT2D eigenvalue weighted by molar-refractivity contribution is 5.84. The van der Waals surface area contributed by atoms with E-state index in [0.29, 0.717) is 31.7 Å². The van der Waals surface area contributed by atoms with Crippen molar-refractivity contribution >= 4 is 29.7 Å². The van der Waals surface area contributed by atoms with E-state index in [1.54, 1.807) is 27.7 Å². The van der Waals surface area contributed by atoms with Crippen LogP contribution in [0, 0.1) is 11.8 Å². The summed E-state index contributed by atoms with van der Waals surface area (Å²) in [5.74, 6) is -3.24. The second kappa shape index (κ2) is 24.5. The molecule has 2 amide bonds. The van der Waals surface area contributed by atoms with E-state index < -0.39 is 18.0 Å². The summed E-state index contributed by atoms with van der Waals surface area (Å²) in [5.41, 5.74) is 6.78. The fraction of sp³-hybridized carbons (Fsp3) is 0.375. The molecular formula is C48H56N6O8-2. The van der Waals surface area contributed by atoms with Crippen LogP contribution >= 0.6 is 0 Å². The number of amides is 2. The summed E-state index contributed by atoms with van der Waals surface area (Å²) >= 11 is 0. The molecule has 4 aromatic carbocycles. The number of hydrogen-bond acceptors (Lipinski definition) is 10. The van der Waals surface area contributed by atoms with Crippen LogP contribution in [0.5, 0.6) is 0 Å². The quantitative estimate of drug-likeness (QED) is 0.0782. The van der Waals surface area contributed by atoms with E-state index in [9.17, 15) is 29.1 Å². The number of carbonyl (C=O) groups is 5. The molecule has 1 aromatic heterocycles. The lowest BCUT2D eigenvalue weighted by Gasteiger charge is -2.35. The molecule has 0 spiro atoms. The number of nitrogens with one attached hydrogen (secondary N) is 1. The number of ether oxygens (including phenoxy) is 1. The van der Waals surface area contributed by atoms with Crippen molar-refractivity contribution in [1.29, 1.82) is 0 Å². The van der Waals surface area contributed by atoms with Gasteiger partial charge in [0.2, 0.25) is 11.8 Å². The molecule has 1 heterocycles. The molecule has 0 aliphatic heterocycles. The average molecular weight is 845 g/mol. The zero-order chi connectivity index (χ0) is 45.0. The van der Waals surface area contributed by atoms with E-state index in [2.05, 4.69) is 25.9 Å². The number of aromatic nitrogens is 4. The Hall–Kier alpha value is -6.70. The molecule has 328 valence electrons. The first kappa shape index (κ1) is 48.0. The molecular weight excluding hydrogens is 789 g/mol. The molecule has 0 aliphatic rings. The van der Waals surface area contributed by atoms with Crippen molar-refractivity contribution in [2.24, 2.45) is 11.8 Å². The maximum Gasteiger partial charge on any atom is 0.308 e. The van der Waals surface area contributed by atoms with Gasteiger partial charge in [-0.3, -0.25) is 29.5 Å². The van der Waals surface area contributed by atoms with Crippen molar-refractivity contribution in [3.8, 4) is 33.6 Å². The smallest absolute Gasteiger partial charge is 0.308 e. The number of carboxylic acids is 2. The molecule has 5 aromatic rings. The van der Waals surface area contributed by atoms with Gasteiger partial charge in [0.05, 0.1) is 31.0 Å². The third-order valence-electron chi connectivity index (χ3n) is 10.2. The van der Waals surface area contributed by atoms with Crippen LogP contribution in [0.25, 0.3) is 33.6 Å². The van der Waals surface area contributed by atoms with Crippen LogP contribution in [0.15, 0.2) is 103 Å². The number of unbranched alkanes of at least 4 members (excludes halogenated alkanes) is 1. The molecule has 2 N–H and O–H groups in total. The minimum absolute atomic E-state index is 0.0907. The Kier molecular flexibility index (Phi) is 19.0. The molecule has 0 aliphatic carbocycles. The van der Waals surface area contributed by atoms with E-state index in [0.717, 1.165) is 51.8 Å². The average Bonchev–Trinajstić information content (AvgIpc) is 3.81. The van der Waals surface area contributed by atoms with Crippen LogP contribution in [0.3, 0.4) is 0 Å². The first-order chi connectivity index (χ1) is 29.8. The van der Waals surface area contributed by atoms with Crippen LogP contribution in [-0.4, -0.2) is 73.9 Å². The molecule has 3 atom stereocenters. The van der Waals surface area contributed by atoms with E-state index in [4.69, 9.17) is 9.84 Å². The number of rotatable bonds is 21. The summed E-state index contributed by atoms with van der Waals surface area (Å²) in [4.78, 5) is 61.0. The van der Waals surface area contributed by atoms with Crippen molar-refractivity contribution in [2.45, 2.75) is 98.2 Å². The lowest BCUT2D eigenvalue weighted by atomic mass is 9.94. The van der Waals surface area contributed by atoms with E-state index in [-0.39, 0.29) is 55.0 Å². The topological polar surface area (TPSA) is 206 Å². The molecule has 0 bridgehead atoms. The summed E-state index contributed by atoms with van der Waals surface area (Å²) in [6.07, 6.45) is 2.54. The lowest BCUT2D eigenvalue weighted by Crippen LogP contribution is -2.52. The summed E-state index contributed by atoms with van der Waals surface area (Å²) in [6.45, 7) is 9.61. The van der Waals surface area contributed by atoms with Gasteiger partial charge in [0, 0.05) is 31.3 Å². The van der Waals surface area contributed by atoms with Gasteiger partial charge in [0.25, 0.3) is 0 Å². The van der Waals surface area contributed by atoms with Crippen molar-refractivity contribution in [3.63, 3.8) is 0 Å². The molecule has 0 saturated carbocycles. The van der Waals surface area contributed by atoms with Gasteiger partial charge in [0.1, 0.15) is 0 Å². The first-order valence-corrected chi connectivity index (χ1v) is 21.0. The summed E-state index contributed by atoms with van der Waals surface area (Å²) < 4.78 is 5.07. The second-order valence-electron chi connectivity index (χ2n) is 15.4. The summed E-state index contributed by atoms with van der Waals surface area (Å²) in [7, 11) is 0. The predicted octanol–water partition coefficient (Wildman–Crippen LogP) is 6.29. The van der Waals surface area contributed by atoms with Gasteiger partial charge in [-0.15, -0.1) is 0 Å². The van der Waals surface area contributed by atoms with E-state index in [1.165, 1.54) is 4.90 Å². The molecule has 14 nitrogen and oxygen atoms in total. The third-order valence-corrected chi connectivity index (χ3v) is 10.2. The zero-order valence-electron chi connectivity index (χ0n) is 36.0. The fourth-order valence-corrected chi connectivity index (χ4v) is 7.01. The van der Waals surface area contributed by atoms with Crippen molar-refractivity contribution in [1.82, 2.24) is 30.8 Å². The second-order valence-corrected chi connectivity index (χ2v) is 15.4. The van der Waals surface area contributed by atoms with Gasteiger partial charge in [-0.25, -0.2) is 0 Å². The Morgan fingerprint density at radius 3 is 1.97 bits per heavy atom. The number of nitrogens with zero attached hydrogens (tertiary/aromatic N) is 5. The predicted molar refractivity (Wildman–Crippen MR) is 233 cm³/mol. The Morgan fingerprint density at radius 2 is 1.39 bits per heavy atom. The van der Waals surface area contributed by atoms with E-state index >= 15 is 0 Å². The SMILES string of the molecule is CCCCC(=O)N(Cc1ccc(-c2ccccc2-c2nnn[n-]2)cc1)C(C(=O)[O-])C(C)C.CCOC(=O)[C@H](C)CC(Cc1ccc(-c2ccccc2)cc1)NC(=O)CCC(=O)O. The van der Waals surface area contributed by atoms with Crippen LogP contribution in [0.4, 0.5) is 0 Å². The van der Waals surface area contributed by atoms with Crippen molar-refractivity contribution < 1.29 is 38.9 Å². The highest BCUT2D eigenvalue weighted by Gasteiger charge is 2.27. The summed E-state index contributed by atoms with van der Waals surface area (Å²) in [5, 5.41) is 38.5. The maximum absolute atomic E-state index is 12.8. The summed E-state index contributed by atoms with van der Waals surface area (Å²) in [6, 6.07) is 32.2. The number of hydrogen-bond donors (Lipinski definition) is 2. The van der Waals surface area contributed by atoms with Gasteiger partial charge < -0.3 is 35.1 Å². The lowest BCUT2D eigenvalue weighted by molar-refractivity contribution is -0.313. The number of benzene rings is 4. The van der Waals surface area contributed by atoms with Crippen LogP contribution in [-0.2, 0) is 41.7 Å². The zero-order valence-corrected chi connectivity index (χ0v) is 36.0. The Balaban J connectivity index is 0.000000273. The first-order valence-electron chi connectivity index (χ1n) is 21.0. The molecule has 0 saturated heterocycles. The monoisotopic (exact) mass is 844 g/mol. The highest BCUT2D eigenvalue weighted by atomic mass is 16.5. The maximum atomic E-state index is 12.8. The van der Waals surface area contributed by atoms with Crippen LogP contribution < -0.4 is 15.5 Å². The number of tetrazole rings is 1. The fourth-order valence-electron chi connectivity index (χ4n) is 7.01. The van der Waals surface area contributed by atoms with E-state index in [1.807, 2.05) is 110 Å². The molecule has 2 unspecified atom stereocenters. The molecule has 0 radical (unpaired) electrons. The minimum atomic E-state index is -1.23. The van der Waals surface area contributed by atoms with Crippen LogP contribution in [0.2, 0.25) is 0 Å². The number of esters is 1. The largest absolute Gasteiger partial charge is 0.548 e. The van der Waals surface area contributed by atoms with Crippen LogP contribution in [0.1, 0.15) is 84.3 Å². The van der Waals surface area contributed by atoms with Crippen molar-refractivity contribution in [2.75, 3.05) is 6.61 Å². The van der Waals surface area contributed by atoms with Gasteiger partial charge >= 0.3 is 11.9 Å². The molecule has 14 heteroatoms. The van der Waals surface area contributed by atoms with Gasteiger partial charge in [-0.2, -0.15) is 5.21 Å². The Morgan fingerprint density at radius 1 is 0.774 bits per heavy atom. The van der Waals surface area contributed by atoms with Gasteiger partial charge in [-0.1, -0.05) is 137 Å². The Bertz CT molecular complexity index is 2180. The third kappa shape index (κ3) is 14.8. The number of aliphatic carboxylic acids is 2. The molecule has 62 heavy (non-hydrogen) atoms. The van der Waals surface area contributed by atoms with Gasteiger partial charge in [0.15, 0.2) is 0 Å². The standard InChI is InChI=1S/C24H29N5O3.C24H29NO5/c1-4-5-10-21(30)29(22(16(2)3)24(31)32)15-17-11-13-18(14-12-17)19-8-6-7-9-20(19)23-25-27-28-26-23;1-3-30-24(29)17(2)15-21(25-22(26)13-14-23(27)28)16-18-9-11-20(12-10-18)19-7-5-4-6-8-19/h6-9,11-14,16,22H,4-5,10,15H2,1-3H3,(H2,25,26,27,28,31,32);4-12,17,21H,3,13-16H2,1-2H3,(H,25,26)(H,27,28)/p-2/t;17-,21?/m.1/s1. The minimum Gasteiger partial charge on any atom is -0.548 e. The molecule has 0 fully saturated rings.